The summed E-state index contributed by atoms with van der Waals surface area (Å²) < 4.78 is 6.61. The van der Waals surface area contributed by atoms with E-state index in [-0.39, 0.29) is 5.97 Å². The van der Waals surface area contributed by atoms with Gasteiger partial charge < -0.3 is 9.30 Å². The lowest BCUT2D eigenvalue weighted by Gasteiger charge is -2.04. The van der Waals surface area contributed by atoms with Gasteiger partial charge in [-0.3, -0.25) is 0 Å². The van der Waals surface area contributed by atoms with E-state index in [1.807, 2.05) is 6.26 Å². The van der Waals surface area contributed by atoms with Crippen LogP contribution < -0.4 is 0 Å². The highest BCUT2D eigenvalue weighted by Crippen LogP contribution is 2.05. The van der Waals surface area contributed by atoms with Crippen LogP contribution >= 0.6 is 11.8 Å². The monoisotopic (exact) mass is 200 g/mol. The Hall–Kier alpha value is -0.970. The molecule has 0 bridgehead atoms. The van der Waals surface area contributed by atoms with E-state index in [4.69, 9.17) is 4.74 Å². The average Bonchev–Trinajstić information content (AvgIpc) is 2.54. The molecule has 0 saturated heterocycles. The van der Waals surface area contributed by atoms with Gasteiger partial charge >= 0.3 is 5.97 Å². The second-order valence-electron chi connectivity index (χ2n) is 2.36. The van der Waals surface area contributed by atoms with E-state index in [2.05, 4.69) is 4.98 Å². The van der Waals surface area contributed by atoms with Crippen molar-refractivity contribution < 1.29 is 9.53 Å². The number of rotatable bonds is 4. The first kappa shape index (κ1) is 10.1. The van der Waals surface area contributed by atoms with Crippen LogP contribution in [0.5, 0.6) is 0 Å². The molecule has 0 aliphatic heterocycles. The minimum Gasteiger partial charge on any atom is -0.460 e. The summed E-state index contributed by atoms with van der Waals surface area (Å²) in [6.45, 7) is 2.16. The largest absolute Gasteiger partial charge is 0.460 e. The van der Waals surface area contributed by atoms with Crippen LogP contribution in [0.1, 0.15) is 17.5 Å². The van der Waals surface area contributed by atoms with E-state index in [1.54, 1.807) is 35.6 Å². The van der Waals surface area contributed by atoms with E-state index in [1.165, 1.54) is 0 Å². The quantitative estimate of drug-likeness (QED) is 0.689. The van der Waals surface area contributed by atoms with Crippen molar-refractivity contribution in [1.29, 1.82) is 0 Å². The summed E-state index contributed by atoms with van der Waals surface area (Å²) >= 11 is 1.62. The Morgan fingerprint density at radius 1 is 1.77 bits per heavy atom. The van der Waals surface area contributed by atoms with Crippen molar-refractivity contribution in [1.82, 2.24) is 9.55 Å². The van der Waals surface area contributed by atoms with Gasteiger partial charge in [-0.2, -0.15) is 0 Å². The van der Waals surface area contributed by atoms with Gasteiger partial charge in [0.1, 0.15) is 0 Å². The number of esters is 1. The van der Waals surface area contributed by atoms with E-state index < -0.39 is 0 Å². The maximum atomic E-state index is 11.3. The minimum absolute atomic E-state index is 0.360. The molecule has 0 unspecified atom stereocenters. The zero-order chi connectivity index (χ0) is 9.68. The summed E-state index contributed by atoms with van der Waals surface area (Å²) in [4.78, 5) is 15.2. The number of imidazole rings is 1. The zero-order valence-electron chi connectivity index (χ0n) is 7.69. The molecule has 0 aliphatic rings. The van der Waals surface area contributed by atoms with Crippen molar-refractivity contribution >= 4 is 17.7 Å². The van der Waals surface area contributed by atoms with Crippen LogP contribution in [0, 0.1) is 0 Å². The lowest BCUT2D eigenvalue weighted by atomic mass is 10.6. The van der Waals surface area contributed by atoms with Gasteiger partial charge in [0.25, 0.3) is 0 Å². The smallest absolute Gasteiger partial charge is 0.374 e. The van der Waals surface area contributed by atoms with E-state index in [9.17, 15) is 4.79 Å². The Labute approximate surface area is 81.3 Å². The van der Waals surface area contributed by atoms with Crippen LogP contribution in [0.2, 0.25) is 0 Å². The lowest BCUT2D eigenvalue weighted by molar-refractivity contribution is 0.0508. The summed E-state index contributed by atoms with van der Waals surface area (Å²) in [6, 6.07) is 0. The van der Waals surface area contributed by atoms with E-state index in [0.29, 0.717) is 18.3 Å². The molecule has 0 aliphatic carbocycles. The van der Waals surface area contributed by atoms with Crippen LogP contribution in [0.4, 0.5) is 0 Å². The molecule has 0 atom stereocenters. The summed E-state index contributed by atoms with van der Waals surface area (Å²) in [7, 11) is 0. The second-order valence-corrected chi connectivity index (χ2v) is 3.19. The molecule has 4 nitrogen and oxygen atoms in total. The Morgan fingerprint density at radius 2 is 2.54 bits per heavy atom. The van der Waals surface area contributed by atoms with Gasteiger partial charge in [0, 0.05) is 12.4 Å². The fourth-order valence-corrected chi connectivity index (χ4v) is 1.42. The summed E-state index contributed by atoms with van der Waals surface area (Å²) in [5.41, 5.74) is 0. The van der Waals surface area contributed by atoms with Crippen LogP contribution in [-0.2, 0) is 10.6 Å². The van der Waals surface area contributed by atoms with Crippen molar-refractivity contribution in [2.45, 2.75) is 12.8 Å². The van der Waals surface area contributed by atoms with Crippen molar-refractivity contribution in [3.63, 3.8) is 0 Å². The number of aromatic nitrogens is 2. The molecule has 0 saturated carbocycles. The third-order valence-corrected chi connectivity index (χ3v) is 1.98. The standard InChI is InChI=1S/C8H12N2O2S/c1-3-12-8(11)7-9-4-5-10(7)6-13-2/h4-5H,3,6H2,1-2H3. The number of carbonyl (C=O) groups is 1. The maximum absolute atomic E-state index is 11.3. The lowest BCUT2D eigenvalue weighted by Crippen LogP contribution is -2.12. The predicted octanol–water partition coefficient (Wildman–Crippen LogP) is 1.38. The summed E-state index contributed by atoms with van der Waals surface area (Å²) in [5.74, 6) is 0.728. The molecule has 5 heteroatoms. The van der Waals surface area contributed by atoms with Crippen molar-refractivity contribution in [2.75, 3.05) is 12.9 Å². The minimum atomic E-state index is -0.360. The molecule has 0 spiro atoms. The molecule has 0 aromatic carbocycles. The maximum Gasteiger partial charge on any atom is 0.374 e. The fraction of sp³-hybridized carbons (Fsp3) is 0.500. The Balaban J connectivity index is 2.74. The van der Waals surface area contributed by atoms with Crippen LogP contribution in [0.15, 0.2) is 12.4 Å². The van der Waals surface area contributed by atoms with Crippen molar-refractivity contribution in [2.24, 2.45) is 0 Å². The molecule has 0 fully saturated rings. The Kier molecular flexibility index (Phi) is 3.82. The van der Waals surface area contributed by atoms with Gasteiger partial charge in [0.05, 0.1) is 12.5 Å². The SMILES string of the molecule is CCOC(=O)c1nccn1CSC. The van der Waals surface area contributed by atoms with Crippen LogP contribution in [0.3, 0.4) is 0 Å². The van der Waals surface area contributed by atoms with E-state index >= 15 is 0 Å². The van der Waals surface area contributed by atoms with Gasteiger partial charge in [0.15, 0.2) is 0 Å². The van der Waals surface area contributed by atoms with Crippen LogP contribution in [0.25, 0.3) is 0 Å². The first-order valence-corrected chi connectivity index (χ1v) is 5.36. The first-order chi connectivity index (χ1) is 6.29. The normalized spacial score (nSPS) is 10.0. The number of nitrogens with zero attached hydrogens (tertiary/aromatic N) is 2. The highest BCUT2D eigenvalue weighted by atomic mass is 32.2. The predicted molar refractivity (Wildman–Crippen MR) is 51.7 cm³/mol. The first-order valence-electron chi connectivity index (χ1n) is 3.96. The molecule has 1 aromatic heterocycles. The molecular weight excluding hydrogens is 188 g/mol. The second kappa shape index (κ2) is 4.91. The molecule has 1 rings (SSSR count). The zero-order valence-corrected chi connectivity index (χ0v) is 8.50. The fourth-order valence-electron chi connectivity index (χ4n) is 0.938. The molecule has 13 heavy (non-hydrogen) atoms. The highest BCUT2D eigenvalue weighted by Gasteiger charge is 2.12. The van der Waals surface area contributed by atoms with Gasteiger partial charge in [-0.15, -0.1) is 11.8 Å². The summed E-state index contributed by atoms with van der Waals surface area (Å²) in [6.07, 6.45) is 5.33. The topological polar surface area (TPSA) is 44.1 Å². The summed E-state index contributed by atoms with van der Waals surface area (Å²) in [5, 5.41) is 0. The molecule has 0 amide bonds. The van der Waals surface area contributed by atoms with Gasteiger partial charge in [-0.25, -0.2) is 9.78 Å². The Morgan fingerprint density at radius 3 is 3.15 bits per heavy atom. The van der Waals surface area contributed by atoms with E-state index in [0.717, 1.165) is 0 Å². The molecule has 0 N–H and O–H groups in total. The molecule has 0 radical (unpaired) electrons. The van der Waals surface area contributed by atoms with Crippen LogP contribution in [-0.4, -0.2) is 28.4 Å². The van der Waals surface area contributed by atoms with Gasteiger partial charge in [0.2, 0.25) is 5.82 Å². The third kappa shape index (κ3) is 2.48. The molecule has 1 aromatic rings. The molecular formula is C8H12N2O2S. The average molecular weight is 200 g/mol. The Bertz CT molecular complexity index is 285. The van der Waals surface area contributed by atoms with Crippen molar-refractivity contribution in [3.8, 4) is 0 Å². The van der Waals surface area contributed by atoms with Gasteiger partial charge in [-0.1, -0.05) is 0 Å². The number of hydrogen-bond acceptors (Lipinski definition) is 4. The number of thioether (sulfide) groups is 1. The third-order valence-electron chi connectivity index (χ3n) is 1.44. The highest BCUT2D eigenvalue weighted by molar-refractivity contribution is 7.97. The number of carbonyl (C=O) groups excluding carboxylic acids is 1. The van der Waals surface area contributed by atoms with Gasteiger partial charge in [-0.05, 0) is 13.2 Å². The molecule has 1 heterocycles. The van der Waals surface area contributed by atoms with Crippen molar-refractivity contribution in [3.05, 3.63) is 18.2 Å². The molecule has 72 valence electrons. The number of hydrogen-bond donors (Lipinski definition) is 0. The number of ether oxygens (including phenoxy) is 1.